The Kier molecular flexibility index (Phi) is 5.41. The fourth-order valence-corrected chi connectivity index (χ4v) is 2.75. The van der Waals surface area contributed by atoms with E-state index in [1.54, 1.807) is 23.1 Å². The third-order valence-corrected chi connectivity index (χ3v) is 3.93. The molecule has 1 heterocycles. The zero-order chi connectivity index (χ0) is 18.5. The van der Waals surface area contributed by atoms with Crippen LogP contribution in [0.4, 0.5) is 5.69 Å². The molecule has 6 heteroatoms. The second-order valence-electron chi connectivity index (χ2n) is 6.16. The molecule has 1 atom stereocenters. The minimum atomic E-state index is -0.887. The van der Waals surface area contributed by atoms with Gasteiger partial charge < -0.3 is 19.1 Å². The molecule has 0 spiro atoms. The Morgan fingerprint density at radius 2 is 1.73 bits per heavy atom. The number of fused-ring (bicyclic) bond motifs is 1. The number of para-hydroxylation sites is 3. The van der Waals surface area contributed by atoms with Crippen LogP contribution in [0.5, 0.6) is 11.5 Å². The van der Waals surface area contributed by atoms with Crippen molar-refractivity contribution in [2.24, 2.45) is 0 Å². The van der Waals surface area contributed by atoms with Crippen LogP contribution >= 0.6 is 0 Å². The first-order valence-electron chi connectivity index (χ1n) is 8.48. The molecule has 0 aliphatic carbocycles. The average molecular weight is 355 g/mol. The lowest BCUT2D eigenvalue weighted by Crippen LogP contribution is -2.42. The van der Waals surface area contributed by atoms with Gasteiger partial charge >= 0.3 is 5.97 Å². The Morgan fingerprint density at radius 3 is 2.42 bits per heavy atom. The van der Waals surface area contributed by atoms with Gasteiger partial charge in [-0.1, -0.05) is 30.3 Å². The number of nitrogens with zero attached hydrogens (tertiary/aromatic N) is 1. The monoisotopic (exact) mass is 355 g/mol. The normalized spacial score (nSPS) is 15.4. The predicted octanol–water partition coefficient (Wildman–Crippen LogP) is 2.81. The summed E-state index contributed by atoms with van der Waals surface area (Å²) in [6.07, 6.45) is -0.887. The highest BCUT2D eigenvalue weighted by Gasteiger charge is 2.30. The van der Waals surface area contributed by atoms with Crippen LogP contribution in [0.15, 0.2) is 54.6 Å². The molecule has 3 rings (SSSR count). The third kappa shape index (κ3) is 3.96. The third-order valence-electron chi connectivity index (χ3n) is 3.93. The zero-order valence-corrected chi connectivity index (χ0v) is 14.8. The SMILES string of the molecule is CC(C)N(C(=O)COC(=O)[C@@H]1COc2ccccc2O1)c1ccccc1. The topological polar surface area (TPSA) is 65.1 Å². The van der Waals surface area contributed by atoms with Gasteiger partial charge in [-0.2, -0.15) is 0 Å². The number of ether oxygens (including phenoxy) is 3. The summed E-state index contributed by atoms with van der Waals surface area (Å²) in [4.78, 5) is 26.4. The number of esters is 1. The van der Waals surface area contributed by atoms with Crippen molar-refractivity contribution in [3.8, 4) is 11.5 Å². The number of anilines is 1. The van der Waals surface area contributed by atoms with Gasteiger partial charge in [-0.05, 0) is 38.1 Å². The Hall–Kier alpha value is -3.02. The molecule has 136 valence electrons. The minimum Gasteiger partial charge on any atom is -0.485 e. The van der Waals surface area contributed by atoms with Crippen LogP contribution in [0.1, 0.15) is 13.8 Å². The smallest absolute Gasteiger partial charge is 0.351 e. The molecule has 0 radical (unpaired) electrons. The van der Waals surface area contributed by atoms with E-state index in [0.29, 0.717) is 11.5 Å². The fraction of sp³-hybridized carbons (Fsp3) is 0.300. The summed E-state index contributed by atoms with van der Waals surface area (Å²) in [6.45, 7) is 3.51. The van der Waals surface area contributed by atoms with E-state index in [1.165, 1.54) is 0 Å². The Labute approximate surface area is 152 Å². The van der Waals surface area contributed by atoms with Crippen molar-refractivity contribution in [2.45, 2.75) is 26.0 Å². The summed E-state index contributed by atoms with van der Waals surface area (Å²) in [5, 5.41) is 0. The first-order chi connectivity index (χ1) is 12.6. The number of carbonyl (C=O) groups is 2. The number of benzene rings is 2. The molecule has 0 unspecified atom stereocenters. The van der Waals surface area contributed by atoms with Crippen LogP contribution in [0, 0.1) is 0 Å². The minimum absolute atomic E-state index is 0.0522. The molecule has 0 aromatic heterocycles. The number of rotatable bonds is 5. The average Bonchev–Trinajstić information content (AvgIpc) is 2.66. The van der Waals surface area contributed by atoms with Gasteiger partial charge in [0.2, 0.25) is 6.10 Å². The summed E-state index contributed by atoms with van der Waals surface area (Å²) in [7, 11) is 0. The van der Waals surface area contributed by atoms with Gasteiger partial charge in [-0.25, -0.2) is 4.79 Å². The summed E-state index contributed by atoms with van der Waals surface area (Å²) < 4.78 is 16.3. The lowest BCUT2D eigenvalue weighted by Gasteiger charge is -2.28. The highest BCUT2D eigenvalue weighted by atomic mass is 16.6. The molecule has 0 saturated heterocycles. The van der Waals surface area contributed by atoms with Gasteiger partial charge in [0.15, 0.2) is 18.1 Å². The van der Waals surface area contributed by atoms with E-state index < -0.39 is 12.1 Å². The van der Waals surface area contributed by atoms with Crippen molar-refractivity contribution in [3.05, 3.63) is 54.6 Å². The van der Waals surface area contributed by atoms with Crippen molar-refractivity contribution < 1.29 is 23.8 Å². The summed E-state index contributed by atoms with van der Waals surface area (Å²) in [6, 6.07) is 16.3. The van der Waals surface area contributed by atoms with Crippen molar-refractivity contribution in [2.75, 3.05) is 18.1 Å². The molecule has 1 amide bonds. The van der Waals surface area contributed by atoms with E-state index in [-0.39, 0.29) is 25.2 Å². The van der Waals surface area contributed by atoms with E-state index in [1.807, 2.05) is 50.2 Å². The maximum absolute atomic E-state index is 12.5. The molecule has 6 nitrogen and oxygen atoms in total. The Balaban J connectivity index is 1.59. The van der Waals surface area contributed by atoms with Crippen LogP contribution in [-0.4, -0.2) is 37.2 Å². The second kappa shape index (κ2) is 7.91. The molecule has 1 aliphatic rings. The highest BCUT2D eigenvalue weighted by molar-refractivity contribution is 5.95. The van der Waals surface area contributed by atoms with E-state index in [9.17, 15) is 9.59 Å². The number of hydrogen-bond donors (Lipinski definition) is 0. The Morgan fingerprint density at radius 1 is 1.08 bits per heavy atom. The van der Waals surface area contributed by atoms with Crippen molar-refractivity contribution in [1.29, 1.82) is 0 Å². The largest absolute Gasteiger partial charge is 0.485 e. The van der Waals surface area contributed by atoms with E-state index in [4.69, 9.17) is 14.2 Å². The quantitative estimate of drug-likeness (QED) is 0.772. The van der Waals surface area contributed by atoms with Crippen molar-refractivity contribution in [3.63, 3.8) is 0 Å². The maximum atomic E-state index is 12.5. The van der Waals surface area contributed by atoms with Gasteiger partial charge in [-0.15, -0.1) is 0 Å². The number of hydrogen-bond acceptors (Lipinski definition) is 5. The van der Waals surface area contributed by atoms with Crippen LogP contribution in [0.2, 0.25) is 0 Å². The van der Waals surface area contributed by atoms with Gasteiger partial charge in [0, 0.05) is 11.7 Å². The molecule has 0 bridgehead atoms. The first kappa shape index (κ1) is 17.8. The molecule has 0 fully saturated rings. The maximum Gasteiger partial charge on any atom is 0.351 e. The van der Waals surface area contributed by atoms with Gasteiger partial charge in [0.25, 0.3) is 5.91 Å². The van der Waals surface area contributed by atoms with Gasteiger partial charge in [-0.3, -0.25) is 4.79 Å². The number of carbonyl (C=O) groups excluding carboxylic acids is 2. The fourth-order valence-electron chi connectivity index (χ4n) is 2.75. The van der Waals surface area contributed by atoms with Crippen LogP contribution < -0.4 is 14.4 Å². The van der Waals surface area contributed by atoms with Crippen LogP contribution in [0.3, 0.4) is 0 Å². The van der Waals surface area contributed by atoms with E-state index in [2.05, 4.69) is 0 Å². The molecule has 26 heavy (non-hydrogen) atoms. The summed E-state index contributed by atoms with van der Waals surface area (Å²) >= 11 is 0. The van der Waals surface area contributed by atoms with Gasteiger partial charge in [0.1, 0.15) is 6.61 Å². The predicted molar refractivity (Wildman–Crippen MR) is 96.4 cm³/mol. The van der Waals surface area contributed by atoms with E-state index >= 15 is 0 Å². The number of amides is 1. The lowest BCUT2D eigenvalue weighted by molar-refractivity contribution is -0.157. The highest BCUT2D eigenvalue weighted by Crippen LogP contribution is 2.31. The summed E-state index contributed by atoms with van der Waals surface area (Å²) in [5.74, 6) is 0.157. The standard InChI is InChI=1S/C20H21NO5/c1-14(2)21(15-8-4-3-5-9-15)19(22)13-25-20(23)18-12-24-16-10-6-7-11-17(16)26-18/h3-11,14,18H,12-13H2,1-2H3/t18-/m0/s1. The van der Waals surface area contributed by atoms with Crippen LogP contribution in [0.25, 0.3) is 0 Å². The lowest BCUT2D eigenvalue weighted by atomic mass is 10.2. The molecular weight excluding hydrogens is 334 g/mol. The molecule has 2 aromatic rings. The van der Waals surface area contributed by atoms with Crippen LogP contribution in [-0.2, 0) is 14.3 Å². The summed E-state index contributed by atoms with van der Waals surface area (Å²) in [5.41, 5.74) is 0.759. The first-order valence-corrected chi connectivity index (χ1v) is 8.48. The Bertz CT molecular complexity index is 775. The van der Waals surface area contributed by atoms with Crippen molar-refractivity contribution in [1.82, 2.24) is 0 Å². The molecule has 2 aromatic carbocycles. The van der Waals surface area contributed by atoms with Gasteiger partial charge in [0.05, 0.1) is 0 Å². The second-order valence-corrected chi connectivity index (χ2v) is 6.16. The zero-order valence-electron chi connectivity index (χ0n) is 14.8. The van der Waals surface area contributed by atoms with Crippen molar-refractivity contribution >= 4 is 17.6 Å². The molecular formula is C20H21NO5. The van der Waals surface area contributed by atoms with E-state index in [0.717, 1.165) is 5.69 Å². The molecule has 0 N–H and O–H groups in total. The molecule has 0 saturated carbocycles. The molecule has 1 aliphatic heterocycles.